The largest absolute Gasteiger partial charge is 0.456 e. The van der Waals surface area contributed by atoms with E-state index in [4.69, 9.17) is 8.83 Å². The summed E-state index contributed by atoms with van der Waals surface area (Å²) in [6.45, 7) is 19.3. The number of furan rings is 2. The number of benzene rings is 8. The summed E-state index contributed by atoms with van der Waals surface area (Å²) in [6, 6.07) is 57.2. The van der Waals surface area contributed by atoms with Crippen LogP contribution in [0.4, 0.5) is 17.1 Å². The van der Waals surface area contributed by atoms with Crippen LogP contribution >= 0.6 is 0 Å². The monoisotopic (exact) mass is 1280 g/mol. The Morgan fingerprint density at radius 3 is 1.38 bits per heavy atom. The van der Waals surface area contributed by atoms with E-state index in [1.54, 1.807) is 16.7 Å². The van der Waals surface area contributed by atoms with Gasteiger partial charge in [-0.2, -0.15) is 0 Å². The average Bonchev–Trinajstić information content (AvgIpc) is 1.51. The first-order valence-corrected chi connectivity index (χ1v) is 38.8. The third kappa shape index (κ3) is 11.0. The van der Waals surface area contributed by atoms with Gasteiger partial charge in [0.1, 0.15) is 22.3 Å². The first-order valence-electron chi connectivity index (χ1n) is 38.8. The minimum Gasteiger partial charge on any atom is -0.456 e. The zero-order valence-corrected chi connectivity index (χ0v) is 60.0. The third-order valence-corrected chi connectivity index (χ3v) is 24.5. The minimum absolute atomic E-state index is 0.0961. The predicted octanol–water partition coefficient (Wildman–Crippen LogP) is 28.5. The van der Waals surface area contributed by atoms with Crippen molar-refractivity contribution in [2.24, 2.45) is 0 Å². The molecular formula is C93H106N2O2. The smallest absolute Gasteiger partial charge is 0.144 e. The number of aromatic nitrogens is 1. The molecule has 500 valence electrons. The molecule has 4 nitrogen and oxygen atoms in total. The van der Waals surface area contributed by atoms with Crippen LogP contribution < -0.4 is 4.90 Å². The number of nitrogens with zero attached hydrogens (tertiary/aromatic N) is 2. The molecule has 97 heavy (non-hydrogen) atoms. The van der Waals surface area contributed by atoms with Crippen LogP contribution in [-0.2, 0) is 21.7 Å². The van der Waals surface area contributed by atoms with E-state index in [0.717, 1.165) is 40.9 Å². The Kier molecular flexibility index (Phi) is 18.3. The van der Waals surface area contributed by atoms with Crippen LogP contribution in [0.1, 0.15) is 280 Å². The van der Waals surface area contributed by atoms with Crippen molar-refractivity contribution in [1.82, 2.24) is 4.98 Å². The molecule has 0 unspecified atom stereocenters. The molecule has 4 heteroatoms. The first kappa shape index (κ1) is 65.3. The molecule has 0 bridgehead atoms. The fourth-order valence-electron chi connectivity index (χ4n) is 19.7. The quantitative estimate of drug-likeness (QED) is 0.0406. The standard InChI is InChI=1S/C93H106N2O2/c1-9-13-17-21-25-35-53-92(54-36-26-22-18-14-10-2)74-49-50-81-83(69-40-30-33-43-79(69)96-81)82(74)72-62-77-71(61-78(72)92)66-47-45-65(60-76(66)93(77,55-37-27-23-19-15-11-3)56-38-28-24-20-16-12-4)95(63-51-57-94-58-52-63)64-46-48-68-75(59-64)91(7,8)87-84(68)85-70-41-31-34-44-80(70)97-89(85)86-67-39-29-32-42-73(67)90(5,6)88(86)87/h29-34,39-52,57-62H,9-28,35-38,53-56H2,1-8H3. The molecule has 0 atom stereocenters. The maximum Gasteiger partial charge on any atom is 0.144 e. The molecule has 15 rings (SSSR count). The maximum absolute atomic E-state index is 7.12. The number of pyridine rings is 1. The van der Waals surface area contributed by atoms with Crippen LogP contribution in [0.3, 0.4) is 0 Å². The summed E-state index contributed by atoms with van der Waals surface area (Å²) in [5.41, 5.74) is 29.6. The molecule has 11 aromatic rings. The molecule has 0 saturated heterocycles. The second kappa shape index (κ2) is 27.2. The Labute approximate surface area is 580 Å². The summed E-state index contributed by atoms with van der Waals surface area (Å²) in [5.74, 6) is 0. The van der Waals surface area contributed by atoms with Crippen molar-refractivity contribution in [2.75, 3.05) is 4.90 Å². The zero-order chi connectivity index (χ0) is 66.5. The zero-order valence-electron chi connectivity index (χ0n) is 60.0. The van der Waals surface area contributed by atoms with E-state index in [9.17, 15) is 0 Å². The van der Waals surface area contributed by atoms with Gasteiger partial charge in [-0.15, -0.1) is 0 Å². The second-order valence-corrected chi connectivity index (χ2v) is 31.2. The normalized spacial score (nSPS) is 15.3. The second-order valence-electron chi connectivity index (χ2n) is 31.2. The van der Waals surface area contributed by atoms with Crippen molar-refractivity contribution < 1.29 is 8.83 Å². The molecule has 0 fully saturated rings. The summed E-state index contributed by atoms with van der Waals surface area (Å²) in [4.78, 5) is 7.27. The summed E-state index contributed by atoms with van der Waals surface area (Å²) in [5, 5.41) is 5.01. The number of unbranched alkanes of at least 4 members (excludes halogenated alkanes) is 20. The van der Waals surface area contributed by atoms with E-state index in [-0.39, 0.29) is 21.7 Å². The van der Waals surface area contributed by atoms with E-state index in [1.165, 1.54) is 272 Å². The van der Waals surface area contributed by atoms with Crippen LogP contribution in [0.15, 0.2) is 167 Å². The van der Waals surface area contributed by atoms with Gasteiger partial charge >= 0.3 is 0 Å². The highest BCUT2D eigenvalue weighted by molar-refractivity contribution is 6.21. The lowest BCUT2D eigenvalue weighted by Gasteiger charge is -2.35. The van der Waals surface area contributed by atoms with Gasteiger partial charge in [-0.3, -0.25) is 4.98 Å². The van der Waals surface area contributed by atoms with Crippen LogP contribution in [0.25, 0.3) is 88.4 Å². The fraction of sp³-hybridized carbons (Fsp3) is 0.430. The summed E-state index contributed by atoms with van der Waals surface area (Å²) < 4.78 is 14.0. The van der Waals surface area contributed by atoms with Gasteiger partial charge in [0.15, 0.2) is 0 Å². The molecule has 0 saturated carbocycles. The fourth-order valence-corrected chi connectivity index (χ4v) is 19.7. The molecule has 3 aromatic heterocycles. The number of hydrogen-bond acceptors (Lipinski definition) is 4. The Balaban J connectivity index is 0.928. The SMILES string of the molecule is CCCCCCCCC1(CCCCCCCC)c2cc(N(c3ccncc3)c3ccc4c(c3)C(C)(C)c3c5c(c6oc7ccccc7c6c3-4)-c3ccccc3C5(C)C)ccc2-c2cc3c(cc21)-c1c(ccc2oc4ccccc4c12)C3(CCCCCCCC)CCCCCCCC. The highest BCUT2D eigenvalue weighted by Gasteiger charge is 2.51. The lowest BCUT2D eigenvalue weighted by Crippen LogP contribution is -2.27. The van der Waals surface area contributed by atoms with Crippen LogP contribution in [-0.4, -0.2) is 4.98 Å². The molecular weight excluding hydrogens is 1180 g/mol. The van der Waals surface area contributed by atoms with Crippen LogP contribution in [0, 0.1) is 0 Å². The summed E-state index contributed by atoms with van der Waals surface area (Å²) >= 11 is 0. The van der Waals surface area contributed by atoms with Crippen LogP contribution in [0.2, 0.25) is 0 Å². The molecule has 0 amide bonds. The minimum atomic E-state index is -0.337. The average molecular weight is 1280 g/mol. The van der Waals surface area contributed by atoms with E-state index in [1.807, 2.05) is 12.4 Å². The van der Waals surface area contributed by atoms with Gasteiger partial charge in [-0.1, -0.05) is 288 Å². The summed E-state index contributed by atoms with van der Waals surface area (Å²) in [6.07, 6.45) is 39.6. The summed E-state index contributed by atoms with van der Waals surface area (Å²) in [7, 11) is 0. The molecule has 3 heterocycles. The number of rotatable bonds is 31. The van der Waals surface area contributed by atoms with Crippen molar-refractivity contribution in [2.45, 2.75) is 257 Å². The molecule has 0 aliphatic heterocycles. The van der Waals surface area contributed by atoms with Gasteiger partial charge in [0.25, 0.3) is 0 Å². The molecule has 4 aliphatic carbocycles. The van der Waals surface area contributed by atoms with Gasteiger partial charge in [0, 0.05) is 78.2 Å². The van der Waals surface area contributed by atoms with E-state index in [0.29, 0.717) is 0 Å². The van der Waals surface area contributed by atoms with Gasteiger partial charge in [-0.25, -0.2) is 0 Å². The topological polar surface area (TPSA) is 42.4 Å². The Hall–Kier alpha value is -7.69. The highest BCUT2D eigenvalue weighted by Crippen LogP contribution is 2.66. The maximum atomic E-state index is 7.12. The van der Waals surface area contributed by atoms with Crippen molar-refractivity contribution >= 4 is 60.9 Å². The molecule has 0 spiro atoms. The molecule has 4 aliphatic rings. The predicted molar refractivity (Wildman–Crippen MR) is 413 cm³/mol. The Morgan fingerprint density at radius 2 is 0.773 bits per heavy atom. The van der Waals surface area contributed by atoms with Crippen molar-refractivity contribution in [3.05, 3.63) is 202 Å². The molecule has 0 N–H and O–H groups in total. The lowest BCUT2D eigenvalue weighted by atomic mass is 9.68. The van der Waals surface area contributed by atoms with Crippen molar-refractivity contribution in [3.8, 4) is 44.5 Å². The lowest BCUT2D eigenvalue weighted by molar-refractivity contribution is 0.394. The van der Waals surface area contributed by atoms with Crippen molar-refractivity contribution in [1.29, 1.82) is 0 Å². The number of hydrogen-bond donors (Lipinski definition) is 0. The van der Waals surface area contributed by atoms with Crippen LogP contribution in [0.5, 0.6) is 0 Å². The number of anilines is 3. The van der Waals surface area contributed by atoms with E-state index < -0.39 is 0 Å². The van der Waals surface area contributed by atoms with Crippen molar-refractivity contribution in [3.63, 3.8) is 0 Å². The van der Waals surface area contributed by atoms with E-state index in [2.05, 4.69) is 211 Å². The van der Waals surface area contributed by atoms with Gasteiger partial charge in [0.2, 0.25) is 0 Å². The first-order chi connectivity index (χ1) is 47.5. The van der Waals surface area contributed by atoms with E-state index >= 15 is 0 Å². The Bertz CT molecular complexity index is 4650. The highest BCUT2D eigenvalue weighted by atomic mass is 16.3. The Morgan fingerprint density at radius 1 is 0.320 bits per heavy atom. The molecule has 0 radical (unpaired) electrons. The number of fused-ring (bicyclic) bond motifs is 22. The van der Waals surface area contributed by atoms with Gasteiger partial charge in [-0.05, 0) is 176 Å². The number of para-hydroxylation sites is 2. The van der Waals surface area contributed by atoms with Gasteiger partial charge < -0.3 is 13.7 Å². The third-order valence-electron chi connectivity index (χ3n) is 24.5. The van der Waals surface area contributed by atoms with Gasteiger partial charge in [0.05, 0.1) is 0 Å². The molecule has 8 aromatic carbocycles.